The molecule has 3 heterocycles. The Morgan fingerprint density at radius 1 is 1.38 bits per heavy atom. The number of fused-ring (bicyclic) bond motifs is 2. The Morgan fingerprint density at radius 3 is 2.90 bits per heavy atom. The van der Waals surface area contributed by atoms with Crippen molar-refractivity contribution in [1.29, 1.82) is 0 Å². The van der Waals surface area contributed by atoms with Gasteiger partial charge in [0.15, 0.2) is 0 Å². The lowest BCUT2D eigenvalue weighted by atomic mass is 9.91. The average molecular weight is 288 g/mol. The summed E-state index contributed by atoms with van der Waals surface area (Å²) in [6.07, 6.45) is 5.46. The maximum absolute atomic E-state index is 12.5. The molecule has 1 aromatic heterocycles. The molecule has 0 unspecified atom stereocenters. The standard InChI is InChI=1S/C16H24N4O/c1-16(2,12-9-18-20-6-4-3-5-13(12)20)19-15(21)14-10-7-17-8-11(10)14/h9-11,14,17H,3-8H2,1-2H3,(H,19,21)/t10-,11+,14+. The molecule has 2 N–H and O–H groups in total. The van der Waals surface area contributed by atoms with Gasteiger partial charge in [-0.05, 0) is 58.0 Å². The van der Waals surface area contributed by atoms with E-state index in [1.807, 2.05) is 6.20 Å². The van der Waals surface area contributed by atoms with Crippen molar-refractivity contribution in [3.8, 4) is 0 Å². The third kappa shape index (κ3) is 2.09. The number of rotatable bonds is 3. The molecule has 21 heavy (non-hydrogen) atoms. The zero-order valence-corrected chi connectivity index (χ0v) is 12.9. The van der Waals surface area contributed by atoms with E-state index in [1.165, 1.54) is 24.1 Å². The van der Waals surface area contributed by atoms with E-state index in [0.717, 1.165) is 26.1 Å². The van der Waals surface area contributed by atoms with Gasteiger partial charge >= 0.3 is 0 Å². The van der Waals surface area contributed by atoms with E-state index in [1.54, 1.807) is 0 Å². The van der Waals surface area contributed by atoms with Crippen LogP contribution in [-0.2, 0) is 23.3 Å². The average Bonchev–Trinajstić information content (AvgIpc) is 2.82. The van der Waals surface area contributed by atoms with Crippen LogP contribution in [0.15, 0.2) is 6.20 Å². The molecule has 0 bridgehead atoms. The zero-order valence-electron chi connectivity index (χ0n) is 12.9. The van der Waals surface area contributed by atoms with E-state index < -0.39 is 0 Å². The molecule has 1 saturated carbocycles. The maximum Gasteiger partial charge on any atom is 0.224 e. The highest BCUT2D eigenvalue weighted by Crippen LogP contribution is 2.49. The van der Waals surface area contributed by atoms with Crippen LogP contribution < -0.4 is 10.6 Å². The minimum atomic E-state index is -0.327. The van der Waals surface area contributed by atoms with E-state index in [2.05, 4.69) is 34.3 Å². The second-order valence-electron chi connectivity index (χ2n) is 7.31. The number of aromatic nitrogens is 2. The molecule has 1 aliphatic carbocycles. The van der Waals surface area contributed by atoms with Gasteiger partial charge in [-0.15, -0.1) is 0 Å². The Labute approximate surface area is 125 Å². The largest absolute Gasteiger partial charge is 0.347 e. The number of amides is 1. The number of nitrogens with one attached hydrogen (secondary N) is 2. The predicted octanol–water partition coefficient (Wildman–Crippen LogP) is 1.04. The Kier molecular flexibility index (Phi) is 2.89. The summed E-state index contributed by atoms with van der Waals surface area (Å²) in [7, 11) is 0. The Bertz CT molecular complexity index is 567. The van der Waals surface area contributed by atoms with Gasteiger partial charge in [-0.25, -0.2) is 0 Å². The summed E-state index contributed by atoms with van der Waals surface area (Å²) in [5, 5.41) is 11.1. The van der Waals surface area contributed by atoms with Gasteiger partial charge in [0.25, 0.3) is 0 Å². The third-order valence-corrected chi connectivity index (χ3v) is 5.49. The van der Waals surface area contributed by atoms with Gasteiger partial charge in [0.05, 0.1) is 11.7 Å². The van der Waals surface area contributed by atoms with Crippen LogP contribution >= 0.6 is 0 Å². The fourth-order valence-electron chi connectivity index (χ4n) is 4.21. The smallest absolute Gasteiger partial charge is 0.224 e. The van der Waals surface area contributed by atoms with Crippen LogP contribution in [0.25, 0.3) is 0 Å². The van der Waals surface area contributed by atoms with Crippen molar-refractivity contribution < 1.29 is 4.79 Å². The fraction of sp³-hybridized carbons (Fsp3) is 0.750. The lowest BCUT2D eigenvalue weighted by molar-refractivity contribution is -0.124. The van der Waals surface area contributed by atoms with Crippen LogP contribution in [0.2, 0.25) is 0 Å². The topological polar surface area (TPSA) is 59.0 Å². The van der Waals surface area contributed by atoms with Gasteiger partial charge in [-0.2, -0.15) is 5.10 Å². The number of carbonyl (C=O) groups is 1. The number of aryl methyl sites for hydroxylation is 1. The van der Waals surface area contributed by atoms with Crippen LogP contribution in [0.1, 0.15) is 37.9 Å². The summed E-state index contributed by atoms with van der Waals surface area (Å²) in [4.78, 5) is 12.5. The third-order valence-electron chi connectivity index (χ3n) is 5.49. The highest BCUT2D eigenvalue weighted by atomic mass is 16.2. The molecule has 1 saturated heterocycles. The van der Waals surface area contributed by atoms with Crippen LogP contribution in [0, 0.1) is 17.8 Å². The maximum atomic E-state index is 12.5. The molecule has 3 aliphatic rings. The minimum absolute atomic E-state index is 0.229. The number of hydrogen-bond acceptors (Lipinski definition) is 3. The fourth-order valence-corrected chi connectivity index (χ4v) is 4.21. The molecule has 0 radical (unpaired) electrons. The Hall–Kier alpha value is -1.36. The monoisotopic (exact) mass is 288 g/mol. The zero-order chi connectivity index (χ0) is 14.6. The molecule has 2 aliphatic heterocycles. The van der Waals surface area contributed by atoms with E-state index in [4.69, 9.17) is 0 Å². The molecular formula is C16H24N4O. The van der Waals surface area contributed by atoms with E-state index in [9.17, 15) is 4.79 Å². The van der Waals surface area contributed by atoms with Gasteiger partial charge in [0.1, 0.15) is 0 Å². The second kappa shape index (κ2) is 4.57. The molecule has 3 atom stereocenters. The number of piperidine rings is 1. The van der Waals surface area contributed by atoms with Crippen molar-refractivity contribution >= 4 is 5.91 Å². The van der Waals surface area contributed by atoms with E-state index in [-0.39, 0.29) is 17.4 Å². The molecule has 0 spiro atoms. The lowest BCUT2D eigenvalue weighted by Gasteiger charge is -2.28. The summed E-state index contributed by atoms with van der Waals surface area (Å²) in [6, 6.07) is 0. The molecule has 114 valence electrons. The first kappa shape index (κ1) is 13.3. The molecule has 2 fully saturated rings. The van der Waals surface area contributed by atoms with Gasteiger partial charge in [-0.3, -0.25) is 9.48 Å². The second-order valence-corrected chi connectivity index (χ2v) is 7.31. The van der Waals surface area contributed by atoms with Crippen LogP contribution in [0.4, 0.5) is 0 Å². The molecule has 0 aromatic carbocycles. The van der Waals surface area contributed by atoms with Crippen molar-refractivity contribution in [3.05, 3.63) is 17.5 Å². The van der Waals surface area contributed by atoms with Crippen molar-refractivity contribution in [2.75, 3.05) is 13.1 Å². The molecular weight excluding hydrogens is 264 g/mol. The highest BCUT2D eigenvalue weighted by molar-refractivity contribution is 5.83. The summed E-state index contributed by atoms with van der Waals surface area (Å²) >= 11 is 0. The van der Waals surface area contributed by atoms with Gasteiger partial charge < -0.3 is 10.6 Å². The van der Waals surface area contributed by atoms with Crippen molar-refractivity contribution in [2.45, 2.75) is 45.2 Å². The normalized spacial score (nSPS) is 30.7. The van der Waals surface area contributed by atoms with Gasteiger partial charge in [0.2, 0.25) is 5.91 Å². The number of hydrogen-bond donors (Lipinski definition) is 2. The molecule has 5 heteroatoms. The van der Waals surface area contributed by atoms with Gasteiger partial charge in [-0.1, -0.05) is 0 Å². The van der Waals surface area contributed by atoms with Crippen LogP contribution in [0.3, 0.4) is 0 Å². The summed E-state index contributed by atoms with van der Waals surface area (Å²) in [5.41, 5.74) is 2.18. The van der Waals surface area contributed by atoms with Crippen LogP contribution in [-0.4, -0.2) is 28.8 Å². The lowest BCUT2D eigenvalue weighted by Crippen LogP contribution is -2.43. The first-order valence-electron chi connectivity index (χ1n) is 8.16. The summed E-state index contributed by atoms with van der Waals surface area (Å²) < 4.78 is 2.11. The predicted molar refractivity (Wildman–Crippen MR) is 79.7 cm³/mol. The number of nitrogens with zero attached hydrogens (tertiary/aromatic N) is 2. The Balaban J connectivity index is 1.51. The quantitative estimate of drug-likeness (QED) is 0.873. The van der Waals surface area contributed by atoms with Gasteiger partial charge in [0, 0.05) is 23.7 Å². The van der Waals surface area contributed by atoms with Crippen molar-refractivity contribution in [1.82, 2.24) is 20.4 Å². The summed E-state index contributed by atoms with van der Waals surface area (Å²) in [5.74, 6) is 1.60. The highest BCUT2D eigenvalue weighted by Gasteiger charge is 2.57. The first-order valence-corrected chi connectivity index (χ1v) is 8.16. The van der Waals surface area contributed by atoms with Crippen molar-refractivity contribution in [2.24, 2.45) is 17.8 Å². The first-order chi connectivity index (χ1) is 10.1. The molecule has 1 aromatic rings. The molecule has 1 amide bonds. The SMILES string of the molecule is CC(C)(NC(=O)[C@H]1[C@@H]2CNC[C@@H]21)c1cnn2c1CCCC2. The van der Waals surface area contributed by atoms with E-state index in [0.29, 0.717) is 11.8 Å². The van der Waals surface area contributed by atoms with Crippen molar-refractivity contribution in [3.63, 3.8) is 0 Å². The summed E-state index contributed by atoms with van der Waals surface area (Å²) in [6.45, 7) is 7.23. The van der Waals surface area contributed by atoms with E-state index >= 15 is 0 Å². The Morgan fingerprint density at radius 2 is 2.14 bits per heavy atom. The molecule has 5 nitrogen and oxygen atoms in total. The van der Waals surface area contributed by atoms with Crippen LogP contribution in [0.5, 0.6) is 0 Å². The molecule has 4 rings (SSSR count). The number of carbonyl (C=O) groups excluding carboxylic acids is 1. The minimum Gasteiger partial charge on any atom is -0.347 e.